The Morgan fingerprint density at radius 3 is 2.30 bits per heavy atom. The molecule has 13 heteroatoms. The van der Waals surface area contributed by atoms with E-state index in [1.807, 2.05) is 30.5 Å². The highest BCUT2D eigenvalue weighted by Gasteiger charge is 2.58. The smallest absolute Gasteiger partial charge is 0.369 e. The lowest BCUT2D eigenvalue weighted by Gasteiger charge is -2.58. The minimum absolute atomic E-state index is 0.00287. The van der Waals surface area contributed by atoms with Crippen LogP contribution in [-0.2, 0) is 19.7 Å². The van der Waals surface area contributed by atoms with E-state index >= 15 is 0 Å². The number of piperazine rings is 1. The van der Waals surface area contributed by atoms with Crippen molar-refractivity contribution >= 4 is 44.9 Å². The van der Waals surface area contributed by atoms with Crippen LogP contribution in [0.1, 0.15) is 37.7 Å². The first-order chi connectivity index (χ1) is 21.0. The number of nitrogens with two attached hydrogens (primary N) is 1. The van der Waals surface area contributed by atoms with E-state index in [-0.39, 0.29) is 23.8 Å². The van der Waals surface area contributed by atoms with Crippen LogP contribution in [0.2, 0.25) is 0 Å². The zero-order valence-corrected chi connectivity index (χ0v) is 26.1. The molecule has 2 aromatic rings. The molecule has 236 valence electrons. The van der Waals surface area contributed by atoms with E-state index in [1.54, 1.807) is 5.06 Å². The van der Waals surface area contributed by atoms with Crippen LogP contribution in [0.4, 0.5) is 27.7 Å². The molecule has 1 aromatic heterocycles. The quantitative estimate of drug-likeness (QED) is 0.497. The summed E-state index contributed by atoms with van der Waals surface area (Å²) in [5.41, 5.74) is 9.18. The molecule has 44 heavy (non-hydrogen) atoms. The highest BCUT2D eigenvalue weighted by atomic mass is 32.2. The monoisotopic (exact) mass is 623 g/mol. The Balaban J connectivity index is 1.02. The molecule has 2 aliphatic heterocycles. The molecule has 4 bridgehead atoms. The number of carbonyl (C=O) groups excluding carboxylic acids is 2. The van der Waals surface area contributed by atoms with Crippen molar-refractivity contribution in [3.05, 3.63) is 42.1 Å². The van der Waals surface area contributed by atoms with E-state index in [0.717, 1.165) is 60.5 Å². The van der Waals surface area contributed by atoms with Crippen LogP contribution in [-0.4, -0.2) is 81.3 Å². The van der Waals surface area contributed by atoms with Gasteiger partial charge in [-0.25, -0.2) is 23.3 Å². The Hall–Kier alpha value is -3.58. The molecule has 6 aliphatic rings. The third-order valence-electron chi connectivity index (χ3n) is 10.6. The second kappa shape index (κ2) is 10.8. The highest BCUT2D eigenvalue weighted by Crippen LogP contribution is 2.60. The third-order valence-corrected chi connectivity index (χ3v) is 11.9. The van der Waals surface area contributed by atoms with E-state index in [9.17, 15) is 18.0 Å². The summed E-state index contributed by atoms with van der Waals surface area (Å²) in [6.07, 6.45) is 7.12. The number of aromatic nitrogens is 1. The summed E-state index contributed by atoms with van der Waals surface area (Å²) < 4.78 is 25.3. The van der Waals surface area contributed by atoms with Crippen LogP contribution < -0.4 is 25.9 Å². The fraction of sp³-hybridized carbons (Fsp3) is 0.581. The van der Waals surface area contributed by atoms with Gasteiger partial charge in [0.05, 0.1) is 36.1 Å². The van der Waals surface area contributed by atoms with Crippen LogP contribution in [0.25, 0.3) is 0 Å². The lowest BCUT2D eigenvalue weighted by molar-refractivity contribution is -0.145. The van der Waals surface area contributed by atoms with Crippen LogP contribution in [0.5, 0.6) is 0 Å². The number of pyridine rings is 1. The van der Waals surface area contributed by atoms with Gasteiger partial charge in [0.15, 0.2) is 0 Å². The third kappa shape index (κ3) is 5.13. The van der Waals surface area contributed by atoms with E-state index in [1.165, 1.54) is 10.6 Å². The lowest BCUT2D eigenvalue weighted by Crippen LogP contribution is -2.62. The number of fused-ring (bicyclic) bond motifs is 1. The number of aryl methyl sites for hydroxylation is 1. The number of nitrogens with one attached hydrogen (secondary N) is 1. The normalized spacial score (nSPS) is 29.8. The van der Waals surface area contributed by atoms with E-state index < -0.39 is 21.5 Å². The van der Waals surface area contributed by atoms with Crippen molar-refractivity contribution in [3.63, 3.8) is 0 Å². The number of hydrogen-bond acceptors (Lipinski definition) is 9. The van der Waals surface area contributed by atoms with Crippen molar-refractivity contribution in [2.24, 2.45) is 28.9 Å². The largest absolute Gasteiger partial charge is 0.431 e. The van der Waals surface area contributed by atoms with Crippen LogP contribution in [0, 0.1) is 30.1 Å². The molecule has 3 unspecified atom stereocenters. The van der Waals surface area contributed by atoms with Crippen molar-refractivity contribution < 1.29 is 22.8 Å². The summed E-state index contributed by atoms with van der Waals surface area (Å²) in [6.45, 7) is 5.23. The standard InChI is InChI=1S/C31H41N7O5S/c1-20-13-27(33-19-26(20)35-7-9-36(10-8-35)44(2,41)42)37-11-12-38(25-6-4-3-5-24(25)37)43-30(40)34-28-22-14-21-15-23(28)18-31(16-21,17-22)29(32)39/h3-6,13,19,21-23,28H,7-12,14-18H2,1-2H3,(H2,32,39)(H,34,40)/t21?,22-,23+,28?,31?. The number of hydroxylamine groups is 1. The minimum Gasteiger partial charge on any atom is -0.369 e. The van der Waals surface area contributed by atoms with Crippen LogP contribution in [0.3, 0.4) is 0 Å². The number of hydrogen-bond donors (Lipinski definition) is 2. The van der Waals surface area contributed by atoms with Crippen molar-refractivity contribution in [3.8, 4) is 0 Å². The van der Waals surface area contributed by atoms with Crippen LogP contribution in [0.15, 0.2) is 36.5 Å². The zero-order chi connectivity index (χ0) is 30.8. The van der Waals surface area contributed by atoms with E-state index in [4.69, 9.17) is 15.6 Å². The lowest BCUT2D eigenvalue weighted by atomic mass is 9.47. The summed E-state index contributed by atoms with van der Waals surface area (Å²) in [4.78, 5) is 40.6. The number of benzene rings is 1. The number of anilines is 4. The molecule has 1 saturated heterocycles. The Morgan fingerprint density at radius 1 is 0.977 bits per heavy atom. The molecular formula is C31H41N7O5S. The molecule has 3 heterocycles. The Morgan fingerprint density at radius 2 is 1.66 bits per heavy atom. The predicted octanol–water partition coefficient (Wildman–Crippen LogP) is 2.75. The maximum Gasteiger partial charge on any atom is 0.431 e. The van der Waals surface area contributed by atoms with Gasteiger partial charge in [-0.1, -0.05) is 12.1 Å². The molecule has 12 nitrogen and oxygen atoms in total. The molecule has 5 fully saturated rings. The predicted molar refractivity (Wildman–Crippen MR) is 167 cm³/mol. The van der Waals surface area contributed by atoms with Crippen molar-refractivity contribution in [1.82, 2.24) is 14.6 Å². The molecule has 1 aromatic carbocycles. The Bertz CT molecular complexity index is 1560. The number of rotatable bonds is 6. The molecule has 5 atom stereocenters. The average Bonchev–Trinajstić information content (AvgIpc) is 2.98. The molecule has 4 saturated carbocycles. The second-order valence-corrected chi connectivity index (χ2v) is 15.4. The van der Waals surface area contributed by atoms with Crippen molar-refractivity contribution in [1.29, 1.82) is 0 Å². The molecular weight excluding hydrogens is 582 g/mol. The fourth-order valence-electron chi connectivity index (χ4n) is 8.77. The molecule has 8 rings (SSSR count). The van der Waals surface area contributed by atoms with Crippen molar-refractivity contribution in [2.75, 3.05) is 60.4 Å². The molecule has 0 spiro atoms. The summed E-state index contributed by atoms with van der Waals surface area (Å²) in [5.74, 6) is 1.65. The first kappa shape index (κ1) is 29.1. The van der Waals surface area contributed by atoms with Crippen LogP contribution >= 0.6 is 0 Å². The van der Waals surface area contributed by atoms with Crippen molar-refractivity contribution in [2.45, 2.75) is 45.1 Å². The molecule has 4 aliphatic carbocycles. The van der Waals surface area contributed by atoms with Gasteiger partial charge in [0, 0.05) is 44.2 Å². The van der Waals surface area contributed by atoms with Gasteiger partial charge in [0.25, 0.3) is 0 Å². The van der Waals surface area contributed by atoms with Gasteiger partial charge in [-0.3, -0.25) is 4.79 Å². The highest BCUT2D eigenvalue weighted by molar-refractivity contribution is 7.88. The number of nitrogens with zero attached hydrogens (tertiary/aromatic N) is 5. The Kier molecular flexibility index (Phi) is 7.15. The summed E-state index contributed by atoms with van der Waals surface area (Å²) >= 11 is 0. The van der Waals surface area contributed by atoms with Gasteiger partial charge < -0.3 is 25.7 Å². The van der Waals surface area contributed by atoms with Gasteiger partial charge in [-0.2, -0.15) is 4.31 Å². The van der Waals surface area contributed by atoms with Gasteiger partial charge in [0.1, 0.15) is 5.82 Å². The van der Waals surface area contributed by atoms with E-state index in [2.05, 4.69) is 28.1 Å². The molecule has 3 N–H and O–H groups in total. The van der Waals surface area contributed by atoms with Gasteiger partial charge in [0.2, 0.25) is 15.9 Å². The first-order valence-corrected chi connectivity index (χ1v) is 17.4. The number of primary amides is 1. The number of sulfonamides is 1. The average molecular weight is 624 g/mol. The second-order valence-electron chi connectivity index (χ2n) is 13.4. The summed E-state index contributed by atoms with van der Waals surface area (Å²) in [6, 6.07) is 9.89. The number of amides is 2. The van der Waals surface area contributed by atoms with Gasteiger partial charge in [-0.15, -0.1) is 0 Å². The summed E-state index contributed by atoms with van der Waals surface area (Å²) in [5, 5.41) is 4.83. The van der Waals surface area contributed by atoms with Gasteiger partial charge >= 0.3 is 6.09 Å². The molecule has 2 amide bonds. The SMILES string of the molecule is Cc1cc(N2CCN(OC(=O)NC3[C@@H]4CC5C[C@H]3CC(C(N)=O)(C5)C4)c3ccccc32)ncc1N1CCN(S(C)(=O)=O)CC1. The van der Waals surface area contributed by atoms with Gasteiger partial charge in [-0.05, 0) is 80.5 Å². The fourth-order valence-corrected chi connectivity index (χ4v) is 9.59. The first-order valence-electron chi connectivity index (χ1n) is 15.6. The maximum atomic E-state index is 13.3. The maximum absolute atomic E-state index is 13.3. The number of para-hydroxylation sites is 2. The summed E-state index contributed by atoms with van der Waals surface area (Å²) in [7, 11) is -3.19. The minimum atomic E-state index is -3.19. The topological polar surface area (TPSA) is 141 Å². The van der Waals surface area contributed by atoms with E-state index in [0.29, 0.717) is 45.2 Å². The zero-order valence-electron chi connectivity index (χ0n) is 25.3. The molecule has 0 radical (unpaired) electrons. The Labute approximate surface area is 258 Å². The number of carbonyl (C=O) groups is 2.